The Morgan fingerprint density at radius 1 is 1.22 bits per heavy atom. The van der Waals surface area contributed by atoms with Crippen LogP contribution in [0.4, 0.5) is 0 Å². The summed E-state index contributed by atoms with van der Waals surface area (Å²) < 4.78 is 0. The number of allylic oxidation sites excluding steroid dienone is 2. The van der Waals surface area contributed by atoms with Crippen LogP contribution in [0.5, 0.6) is 0 Å². The molecule has 0 nitrogen and oxygen atoms in total. The molecule has 0 aromatic rings. The van der Waals surface area contributed by atoms with Crippen molar-refractivity contribution < 1.29 is 0 Å². The monoisotopic (exact) mass is 122 g/mol. The van der Waals surface area contributed by atoms with Gasteiger partial charge in [-0.3, -0.25) is 0 Å². The average Bonchev–Trinajstić information content (AvgIpc) is 2.11. The highest BCUT2D eigenvalue weighted by Crippen LogP contribution is 2.38. The van der Waals surface area contributed by atoms with Crippen molar-refractivity contribution in [1.82, 2.24) is 0 Å². The van der Waals surface area contributed by atoms with Crippen LogP contribution in [0.3, 0.4) is 0 Å². The summed E-state index contributed by atoms with van der Waals surface area (Å²) in [5.74, 6) is 1.03. The predicted octanol–water partition coefficient (Wildman–Crippen LogP) is 2.90. The lowest BCUT2D eigenvalue weighted by Crippen LogP contribution is -2.12. The number of hydrogen-bond acceptors (Lipinski definition) is 0. The average molecular weight is 122 g/mol. The van der Waals surface area contributed by atoms with Gasteiger partial charge in [-0.05, 0) is 38.0 Å². The van der Waals surface area contributed by atoms with Crippen LogP contribution in [-0.2, 0) is 0 Å². The van der Waals surface area contributed by atoms with Gasteiger partial charge >= 0.3 is 0 Å². The van der Waals surface area contributed by atoms with Crippen LogP contribution in [0.15, 0.2) is 11.6 Å². The fourth-order valence-electron chi connectivity index (χ4n) is 1.85. The molecule has 0 unspecified atom stereocenters. The molecule has 2 aliphatic rings. The zero-order valence-electron chi connectivity index (χ0n) is 5.90. The standard InChI is InChI=1S/C9H14/c1-2-5-8(4-1)9-6-3-7-9/h4,9H,1-3,5-7H2. The SMILES string of the molecule is C1=C(C2CCC2)CCC1. The summed E-state index contributed by atoms with van der Waals surface area (Å²) in [5.41, 5.74) is 1.79. The fraction of sp³-hybridized carbons (Fsp3) is 0.778. The molecule has 0 radical (unpaired) electrons. The van der Waals surface area contributed by atoms with Crippen molar-refractivity contribution >= 4 is 0 Å². The number of hydrogen-bond donors (Lipinski definition) is 0. The summed E-state index contributed by atoms with van der Waals surface area (Å²) in [5, 5.41) is 0. The molecule has 1 fully saturated rings. The van der Waals surface area contributed by atoms with Gasteiger partial charge in [0.2, 0.25) is 0 Å². The highest BCUT2D eigenvalue weighted by molar-refractivity contribution is 5.13. The Kier molecular flexibility index (Phi) is 1.33. The molecule has 0 saturated heterocycles. The van der Waals surface area contributed by atoms with Crippen molar-refractivity contribution in [3.63, 3.8) is 0 Å². The van der Waals surface area contributed by atoms with Gasteiger partial charge in [0.25, 0.3) is 0 Å². The molecule has 0 heteroatoms. The van der Waals surface area contributed by atoms with Gasteiger partial charge in [0, 0.05) is 0 Å². The Morgan fingerprint density at radius 2 is 2.11 bits per heavy atom. The molecule has 0 aromatic heterocycles. The quantitative estimate of drug-likeness (QED) is 0.469. The van der Waals surface area contributed by atoms with Gasteiger partial charge in [0.05, 0.1) is 0 Å². The van der Waals surface area contributed by atoms with Gasteiger partial charge in [0.15, 0.2) is 0 Å². The van der Waals surface area contributed by atoms with E-state index in [0.717, 1.165) is 5.92 Å². The molecule has 0 amide bonds. The minimum atomic E-state index is 1.03. The van der Waals surface area contributed by atoms with Gasteiger partial charge in [-0.1, -0.05) is 18.1 Å². The topological polar surface area (TPSA) is 0 Å². The minimum Gasteiger partial charge on any atom is -0.0850 e. The molecule has 2 aliphatic carbocycles. The van der Waals surface area contributed by atoms with E-state index in [9.17, 15) is 0 Å². The molecule has 0 atom stereocenters. The third kappa shape index (κ3) is 0.910. The van der Waals surface area contributed by atoms with Crippen molar-refractivity contribution in [2.45, 2.75) is 38.5 Å². The number of rotatable bonds is 1. The van der Waals surface area contributed by atoms with Crippen LogP contribution in [0, 0.1) is 5.92 Å². The van der Waals surface area contributed by atoms with Crippen LogP contribution >= 0.6 is 0 Å². The molecule has 2 rings (SSSR count). The Balaban J connectivity index is 1.95. The molecule has 0 heterocycles. The zero-order chi connectivity index (χ0) is 6.10. The molecular formula is C9H14. The van der Waals surface area contributed by atoms with Crippen molar-refractivity contribution in [3.8, 4) is 0 Å². The van der Waals surface area contributed by atoms with Crippen molar-refractivity contribution in [3.05, 3.63) is 11.6 Å². The molecule has 50 valence electrons. The van der Waals surface area contributed by atoms with E-state index in [0.29, 0.717) is 0 Å². The predicted molar refractivity (Wildman–Crippen MR) is 39.3 cm³/mol. The van der Waals surface area contributed by atoms with Crippen molar-refractivity contribution in [1.29, 1.82) is 0 Å². The third-order valence-corrected chi connectivity index (χ3v) is 2.71. The Morgan fingerprint density at radius 3 is 2.56 bits per heavy atom. The Labute approximate surface area is 57.0 Å². The van der Waals surface area contributed by atoms with Crippen molar-refractivity contribution in [2.75, 3.05) is 0 Å². The van der Waals surface area contributed by atoms with E-state index in [1.165, 1.54) is 38.5 Å². The first-order valence-electron chi connectivity index (χ1n) is 4.16. The van der Waals surface area contributed by atoms with E-state index in [1.807, 2.05) is 0 Å². The lowest BCUT2D eigenvalue weighted by Gasteiger charge is -2.26. The van der Waals surface area contributed by atoms with Gasteiger partial charge in [-0.2, -0.15) is 0 Å². The molecular weight excluding hydrogens is 108 g/mol. The molecule has 0 spiro atoms. The van der Waals surface area contributed by atoms with E-state index in [4.69, 9.17) is 0 Å². The molecule has 9 heavy (non-hydrogen) atoms. The molecule has 0 aromatic carbocycles. The van der Waals surface area contributed by atoms with E-state index >= 15 is 0 Å². The molecule has 1 saturated carbocycles. The normalized spacial score (nSPS) is 27.8. The van der Waals surface area contributed by atoms with E-state index in [2.05, 4.69) is 6.08 Å². The fourth-order valence-corrected chi connectivity index (χ4v) is 1.85. The lowest BCUT2D eigenvalue weighted by molar-refractivity contribution is 0.362. The van der Waals surface area contributed by atoms with Crippen LogP contribution in [0.25, 0.3) is 0 Å². The van der Waals surface area contributed by atoms with Crippen LogP contribution < -0.4 is 0 Å². The third-order valence-electron chi connectivity index (χ3n) is 2.71. The summed E-state index contributed by atoms with van der Waals surface area (Å²) >= 11 is 0. The molecule has 0 bridgehead atoms. The van der Waals surface area contributed by atoms with Gasteiger partial charge in [0.1, 0.15) is 0 Å². The van der Waals surface area contributed by atoms with E-state index in [-0.39, 0.29) is 0 Å². The highest BCUT2D eigenvalue weighted by Gasteiger charge is 2.22. The minimum absolute atomic E-state index is 1.03. The largest absolute Gasteiger partial charge is 0.0850 e. The summed E-state index contributed by atoms with van der Waals surface area (Å²) in [6, 6.07) is 0. The van der Waals surface area contributed by atoms with Gasteiger partial charge in [-0.25, -0.2) is 0 Å². The van der Waals surface area contributed by atoms with Crippen LogP contribution in [-0.4, -0.2) is 0 Å². The second-order valence-corrected chi connectivity index (χ2v) is 3.30. The molecule has 0 aliphatic heterocycles. The summed E-state index contributed by atoms with van der Waals surface area (Å²) in [6.07, 6.45) is 11.2. The first-order valence-corrected chi connectivity index (χ1v) is 4.16. The maximum atomic E-state index is 2.48. The van der Waals surface area contributed by atoms with Crippen LogP contribution in [0.1, 0.15) is 38.5 Å². The Hall–Kier alpha value is -0.260. The van der Waals surface area contributed by atoms with Crippen LogP contribution in [0.2, 0.25) is 0 Å². The summed E-state index contributed by atoms with van der Waals surface area (Å²) in [4.78, 5) is 0. The summed E-state index contributed by atoms with van der Waals surface area (Å²) in [7, 11) is 0. The lowest BCUT2D eigenvalue weighted by atomic mass is 9.79. The first kappa shape index (κ1) is 5.52. The Bertz CT molecular complexity index is 129. The van der Waals surface area contributed by atoms with Gasteiger partial charge < -0.3 is 0 Å². The van der Waals surface area contributed by atoms with E-state index in [1.54, 1.807) is 5.57 Å². The zero-order valence-corrected chi connectivity index (χ0v) is 5.90. The molecule has 0 N–H and O–H groups in total. The smallest absolute Gasteiger partial charge is 0.0203 e. The second-order valence-electron chi connectivity index (χ2n) is 3.30. The second kappa shape index (κ2) is 2.17. The maximum Gasteiger partial charge on any atom is -0.0203 e. The summed E-state index contributed by atoms with van der Waals surface area (Å²) in [6.45, 7) is 0. The highest BCUT2D eigenvalue weighted by atomic mass is 14.3. The van der Waals surface area contributed by atoms with Crippen molar-refractivity contribution in [2.24, 2.45) is 5.92 Å². The first-order chi connectivity index (χ1) is 4.47. The maximum absolute atomic E-state index is 2.48. The van der Waals surface area contributed by atoms with E-state index < -0.39 is 0 Å². The van der Waals surface area contributed by atoms with Gasteiger partial charge in [-0.15, -0.1) is 0 Å².